The molecule has 0 unspecified atom stereocenters. The lowest BCUT2D eigenvalue weighted by Crippen LogP contribution is -2.24. The molecule has 2 aromatic carbocycles. The van der Waals surface area contributed by atoms with Crippen LogP contribution < -0.4 is 4.83 Å². The van der Waals surface area contributed by atoms with Gasteiger partial charge in [0, 0.05) is 11.6 Å². The number of benzene rings is 2. The van der Waals surface area contributed by atoms with E-state index < -0.39 is 10.0 Å². The number of sulfonamides is 1. The molecule has 3 rings (SSSR count). The van der Waals surface area contributed by atoms with Crippen molar-refractivity contribution >= 4 is 15.7 Å². The van der Waals surface area contributed by atoms with Crippen molar-refractivity contribution in [3.8, 4) is 0 Å². The van der Waals surface area contributed by atoms with Gasteiger partial charge in [0.2, 0.25) is 0 Å². The highest BCUT2D eigenvalue weighted by Gasteiger charge is 2.23. The van der Waals surface area contributed by atoms with Crippen LogP contribution in [-0.2, 0) is 10.0 Å². The molecule has 0 spiro atoms. The Balaban J connectivity index is 1.82. The molecule has 1 aliphatic rings. The van der Waals surface area contributed by atoms with Crippen molar-refractivity contribution in [2.75, 3.05) is 0 Å². The van der Waals surface area contributed by atoms with Crippen molar-refractivity contribution in [2.45, 2.75) is 36.5 Å². The van der Waals surface area contributed by atoms with Crippen LogP contribution in [0.2, 0.25) is 0 Å². The quantitative estimate of drug-likeness (QED) is 0.870. The second kappa shape index (κ2) is 6.96. The maximum absolute atomic E-state index is 12.3. The van der Waals surface area contributed by atoms with E-state index >= 15 is 0 Å². The van der Waals surface area contributed by atoms with Crippen LogP contribution in [0.3, 0.4) is 0 Å². The molecule has 4 nitrogen and oxygen atoms in total. The molecule has 0 radical (unpaired) electrons. The molecule has 0 heterocycles. The fourth-order valence-corrected chi connectivity index (χ4v) is 3.80. The molecule has 1 aliphatic carbocycles. The summed E-state index contributed by atoms with van der Waals surface area (Å²) in [5, 5.41) is 4.27. The first-order valence-electron chi connectivity index (χ1n) is 7.85. The molecule has 2 aromatic rings. The Hall–Kier alpha value is -2.14. The molecule has 1 fully saturated rings. The third kappa shape index (κ3) is 3.79. The van der Waals surface area contributed by atoms with Gasteiger partial charge in [0.25, 0.3) is 10.0 Å². The zero-order valence-corrected chi connectivity index (χ0v) is 13.7. The third-order valence-corrected chi connectivity index (χ3v) is 5.37. The molecular weight excluding hydrogens is 308 g/mol. The first kappa shape index (κ1) is 15.7. The Morgan fingerprint density at radius 1 is 0.913 bits per heavy atom. The van der Waals surface area contributed by atoms with Crippen LogP contribution in [0.1, 0.15) is 37.2 Å². The number of hydrazone groups is 1. The summed E-state index contributed by atoms with van der Waals surface area (Å²) in [6, 6.07) is 18.5. The van der Waals surface area contributed by atoms with E-state index in [0.717, 1.165) is 31.4 Å². The number of hydrogen-bond acceptors (Lipinski definition) is 3. The molecule has 5 heteroatoms. The van der Waals surface area contributed by atoms with Crippen LogP contribution in [0.4, 0.5) is 0 Å². The number of nitrogens with zero attached hydrogens (tertiary/aromatic N) is 1. The summed E-state index contributed by atoms with van der Waals surface area (Å²) < 4.78 is 24.6. The van der Waals surface area contributed by atoms with Crippen LogP contribution in [0.15, 0.2) is 70.7 Å². The van der Waals surface area contributed by atoms with Gasteiger partial charge in [-0.1, -0.05) is 55.0 Å². The number of hydrogen-bond donors (Lipinski definition) is 1. The fourth-order valence-electron chi connectivity index (χ4n) is 2.94. The van der Waals surface area contributed by atoms with Crippen molar-refractivity contribution in [2.24, 2.45) is 5.10 Å². The lowest BCUT2D eigenvalue weighted by Gasteiger charge is -2.24. The fraction of sp³-hybridized carbons (Fsp3) is 0.278. The van der Waals surface area contributed by atoms with Gasteiger partial charge in [-0.15, -0.1) is 0 Å². The summed E-state index contributed by atoms with van der Waals surface area (Å²) in [6.45, 7) is 0. The lowest BCUT2D eigenvalue weighted by molar-refractivity contribution is 0.579. The average molecular weight is 328 g/mol. The van der Waals surface area contributed by atoms with Gasteiger partial charge in [-0.3, -0.25) is 0 Å². The predicted molar refractivity (Wildman–Crippen MR) is 91.8 cm³/mol. The molecule has 1 atom stereocenters. The Kier molecular flexibility index (Phi) is 4.76. The summed E-state index contributed by atoms with van der Waals surface area (Å²) >= 11 is 0. The average Bonchev–Trinajstić information content (AvgIpc) is 2.62. The van der Waals surface area contributed by atoms with E-state index in [1.54, 1.807) is 30.3 Å². The van der Waals surface area contributed by atoms with E-state index in [4.69, 9.17) is 0 Å². The SMILES string of the molecule is O=S(=O)(N/N=C1/CCCC[C@@H]1c1ccccc1)c1ccccc1. The molecule has 0 aliphatic heterocycles. The zero-order valence-electron chi connectivity index (χ0n) is 12.9. The Morgan fingerprint density at radius 2 is 1.57 bits per heavy atom. The van der Waals surface area contributed by atoms with E-state index in [1.807, 2.05) is 18.2 Å². The zero-order chi connectivity index (χ0) is 16.1. The highest BCUT2D eigenvalue weighted by Crippen LogP contribution is 2.30. The first-order chi connectivity index (χ1) is 11.2. The Morgan fingerprint density at radius 3 is 2.26 bits per heavy atom. The van der Waals surface area contributed by atoms with Crippen molar-refractivity contribution in [3.05, 3.63) is 66.2 Å². The first-order valence-corrected chi connectivity index (χ1v) is 9.33. The van der Waals surface area contributed by atoms with Crippen LogP contribution in [-0.4, -0.2) is 14.1 Å². The van der Waals surface area contributed by atoms with E-state index in [9.17, 15) is 8.42 Å². The molecule has 120 valence electrons. The van der Waals surface area contributed by atoms with Crippen LogP contribution >= 0.6 is 0 Å². The van der Waals surface area contributed by atoms with Gasteiger partial charge in [-0.05, 0) is 37.0 Å². The number of rotatable bonds is 4. The Bertz CT molecular complexity index is 771. The minimum atomic E-state index is -3.60. The summed E-state index contributed by atoms with van der Waals surface area (Å²) in [7, 11) is -3.60. The summed E-state index contributed by atoms with van der Waals surface area (Å²) in [6.07, 6.45) is 4.03. The van der Waals surface area contributed by atoms with Crippen molar-refractivity contribution in [1.82, 2.24) is 4.83 Å². The van der Waals surface area contributed by atoms with Crippen LogP contribution in [0, 0.1) is 0 Å². The second-order valence-corrected chi connectivity index (χ2v) is 7.38. The van der Waals surface area contributed by atoms with Crippen molar-refractivity contribution in [1.29, 1.82) is 0 Å². The van der Waals surface area contributed by atoms with E-state index in [0.29, 0.717) is 0 Å². The highest BCUT2D eigenvalue weighted by molar-refractivity contribution is 7.89. The van der Waals surface area contributed by atoms with Gasteiger partial charge < -0.3 is 0 Å². The predicted octanol–water partition coefficient (Wildman–Crippen LogP) is 3.68. The third-order valence-electron chi connectivity index (χ3n) is 4.14. The molecule has 0 amide bonds. The van der Waals surface area contributed by atoms with Crippen LogP contribution in [0.5, 0.6) is 0 Å². The molecule has 1 saturated carbocycles. The summed E-state index contributed by atoms with van der Waals surface area (Å²) in [5.74, 6) is 0.198. The highest BCUT2D eigenvalue weighted by atomic mass is 32.2. The maximum atomic E-state index is 12.3. The number of nitrogens with one attached hydrogen (secondary N) is 1. The van der Waals surface area contributed by atoms with Gasteiger partial charge in [0.1, 0.15) is 0 Å². The molecule has 0 bridgehead atoms. The van der Waals surface area contributed by atoms with E-state index in [2.05, 4.69) is 22.1 Å². The monoisotopic (exact) mass is 328 g/mol. The molecule has 1 N–H and O–H groups in total. The molecule has 23 heavy (non-hydrogen) atoms. The molecule has 0 aromatic heterocycles. The minimum absolute atomic E-state index is 0.198. The molecule has 0 saturated heterocycles. The normalized spacial score (nSPS) is 20.3. The van der Waals surface area contributed by atoms with Crippen molar-refractivity contribution in [3.63, 3.8) is 0 Å². The van der Waals surface area contributed by atoms with Gasteiger partial charge in [0.15, 0.2) is 0 Å². The van der Waals surface area contributed by atoms with Gasteiger partial charge in [0.05, 0.1) is 4.90 Å². The lowest BCUT2D eigenvalue weighted by atomic mass is 9.82. The largest absolute Gasteiger partial charge is 0.276 e. The van der Waals surface area contributed by atoms with Crippen LogP contribution in [0.25, 0.3) is 0 Å². The standard InChI is InChI=1S/C18H20N2O2S/c21-23(22,16-11-5-2-6-12-16)20-19-18-14-8-7-13-17(18)15-9-3-1-4-10-15/h1-6,9-12,17,20H,7-8,13-14H2/b19-18-/t17-/m1/s1. The topological polar surface area (TPSA) is 58.5 Å². The maximum Gasteiger partial charge on any atom is 0.276 e. The summed E-state index contributed by atoms with van der Waals surface area (Å²) in [4.78, 5) is 2.64. The minimum Gasteiger partial charge on any atom is -0.200 e. The van der Waals surface area contributed by atoms with Gasteiger partial charge in [-0.2, -0.15) is 13.5 Å². The van der Waals surface area contributed by atoms with E-state index in [1.165, 1.54) is 5.56 Å². The summed E-state index contributed by atoms with van der Waals surface area (Å²) in [5.41, 5.74) is 2.12. The van der Waals surface area contributed by atoms with Crippen molar-refractivity contribution < 1.29 is 8.42 Å². The van der Waals surface area contributed by atoms with Gasteiger partial charge in [-0.25, -0.2) is 4.83 Å². The molecular formula is C18H20N2O2S. The van der Waals surface area contributed by atoms with E-state index in [-0.39, 0.29) is 10.8 Å². The smallest absolute Gasteiger partial charge is 0.200 e. The second-order valence-electron chi connectivity index (χ2n) is 5.72. The van der Waals surface area contributed by atoms with Gasteiger partial charge >= 0.3 is 0 Å². The Labute approximate surface area is 137 Å².